The van der Waals surface area contributed by atoms with Gasteiger partial charge in [0.05, 0.1) is 17.4 Å². The van der Waals surface area contributed by atoms with Crippen molar-refractivity contribution in [2.45, 2.75) is 26.7 Å². The van der Waals surface area contributed by atoms with Crippen LogP contribution in [0.25, 0.3) is 0 Å². The number of aliphatic hydroxyl groups is 1. The number of aliphatic hydroxyl groups excluding tert-OH is 1. The summed E-state index contributed by atoms with van der Waals surface area (Å²) < 4.78 is 1.81. The van der Waals surface area contributed by atoms with E-state index in [1.165, 1.54) is 6.21 Å². The number of pyridine rings is 1. The number of allylic oxidation sites excluding steroid dienone is 2. The van der Waals surface area contributed by atoms with Crippen molar-refractivity contribution < 1.29 is 43.2 Å². The number of hydrogen-bond donors (Lipinski definition) is 2. The number of aromatic nitrogens is 1. The fourth-order valence-corrected chi connectivity index (χ4v) is 2.32. The lowest BCUT2D eigenvalue weighted by atomic mass is 9.77. The van der Waals surface area contributed by atoms with E-state index in [1.807, 2.05) is 25.5 Å². The Morgan fingerprint density at radius 2 is 1.96 bits per heavy atom. The van der Waals surface area contributed by atoms with Gasteiger partial charge in [0.1, 0.15) is 12.8 Å². The van der Waals surface area contributed by atoms with Crippen molar-refractivity contribution in [1.29, 1.82) is 0 Å². The maximum absolute atomic E-state index is 12.0. The van der Waals surface area contributed by atoms with Gasteiger partial charge in [-0.05, 0) is 5.41 Å². The summed E-state index contributed by atoms with van der Waals surface area (Å²) in [7, 11) is 1.85. The normalized spacial score (nSPS) is 17.1. The zero-order valence-electron chi connectivity index (χ0n) is 13.3. The van der Waals surface area contributed by atoms with Gasteiger partial charge in [-0.15, -0.1) is 0 Å². The molecule has 2 N–H and O–H groups in total. The number of Topliss-reactive ketones (excluding diaryl/α,β-unsaturated/α-hetero) is 1. The summed E-state index contributed by atoms with van der Waals surface area (Å²) in [5.74, 6) is -0.523. The van der Waals surface area contributed by atoms with Crippen LogP contribution in [-0.2, 0) is 11.8 Å². The van der Waals surface area contributed by atoms with Crippen LogP contribution in [0.1, 0.15) is 37.0 Å². The number of carbonyl (C=O) groups excluding carboxylic acids is 2. The first-order chi connectivity index (χ1) is 10.3. The third-order valence-electron chi connectivity index (χ3n) is 3.50. The van der Waals surface area contributed by atoms with Crippen molar-refractivity contribution >= 4 is 17.9 Å². The number of nitrogens with zero attached hydrogens (tertiary/aromatic N) is 2. The molecule has 7 heteroatoms. The van der Waals surface area contributed by atoms with E-state index in [0.717, 1.165) is 0 Å². The molecule has 1 aliphatic carbocycles. The Balaban J connectivity index is 0.00000264. The van der Waals surface area contributed by atoms with Crippen LogP contribution in [0.4, 0.5) is 0 Å². The van der Waals surface area contributed by atoms with Crippen molar-refractivity contribution in [3.05, 3.63) is 41.4 Å². The van der Waals surface area contributed by atoms with Gasteiger partial charge < -0.3 is 29.1 Å². The number of hydrazone groups is 1. The van der Waals surface area contributed by atoms with Crippen LogP contribution in [0.5, 0.6) is 0 Å². The molecule has 0 aromatic carbocycles. The maximum Gasteiger partial charge on any atom is 0.271 e. The second kappa shape index (κ2) is 7.67. The highest BCUT2D eigenvalue weighted by molar-refractivity contribution is 6.14. The molecule has 0 unspecified atom stereocenters. The summed E-state index contributed by atoms with van der Waals surface area (Å²) >= 11 is 0. The summed E-state index contributed by atoms with van der Waals surface area (Å²) in [5.41, 5.74) is 2.73. The summed E-state index contributed by atoms with van der Waals surface area (Å²) in [6.07, 6.45) is 5.48. The monoisotopic (exact) mass is 429 g/mol. The Morgan fingerprint density at radius 1 is 1.35 bits per heavy atom. The van der Waals surface area contributed by atoms with Gasteiger partial charge in [0.15, 0.2) is 18.2 Å². The van der Waals surface area contributed by atoms with Gasteiger partial charge in [0, 0.05) is 25.0 Å². The van der Waals surface area contributed by atoms with Gasteiger partial charge >= 0.3 is 0 Å². The number of amides is 1. The summed E-state index contributed by atoms with van der Waals surface area (Å²) in [6, 6.07) is 3.33. The zero-order chi connectivity index (χ0) is 16.3. The molecule has 0 atom stereocenters. The molecule has 6 nitrogen and oxygen atoms in total. The quantitative estimate of drug-likeness (QED) is 0.264. The third kappa shape index (κ3) is 5.12. The average Bonchev–Trinajstić information content (AvgIpc) is 2.41. The zero-order valence-corrected chi connectivity index (χ0v) is 15.5. The predicted molar refractivity (Wildman–Crippen MR) is 81.3 cm³/mol. The SMILES string of the molecule is C[n+]1ccc(C(=O)N/N=C/C2=C(O)CC(C)(C)CC2=O)cc1.[I-]. The van der Waals surface area contributed by atoms with Crippen molar-refractivity contribution in [2.24, 2.45) is 17.6 Å². The molecule has 0 radical (unpaired) electrons. The molecule has 124 valence electrons. The fraction of sp³-hybridized carbons (Fsp3) is 0.375. The van der Waals surface area contributed by atoms with Gasteiger partial charge in [-0.2, -0.15) is 5.10 Å². The van der Waals surface area contributed by atoms with E-state index in [-0.39, 0.29) is 52.4 Å². The molecule has 0 saturated carbocycles. The average molecular weight is 429 g/mol. The van der Waals surface area contributed by atoms with E-state index in [4.69, 9.17) is 0 Å². The highest BCUT2D eigenvalue weighted by Crippen LogP contribution is 2.34. The number of nitrogens with one attached hydrogen (secondary N) is 1. The molecule has 1 aromatic heterocycles. The molecule has 0 saturated heterocycles. The van der Waals surface area contributed by atoms with E-state index < -0.39 is 0 Å². The topological polar surface area (TPSA) is 82.6 Å². The molecule has 1 aromatic rings. The smallest absolute Gasteiger partial charge is 0.271 e. The van der Waals surface area contributed by atoms with Gasteiger partial charge in [-0.25, -0.2) is 9.99 Å². The molecule has 0 aliphatic heterocycles. The van der Waals surface area contributed by atoms with Gasteiger partial charge in [0.25, 0.3) is 5.91 Å². The molecular formula is C16H20IN3O3. The first-order valence-corrected chi connectivity index (χ1v) is 7.02. The van der Waals surface area contributed by atoms with E-state index in [9.17, 15) is 14.7 Å². The molecule has 0 fully saturated rings. The first kappa shape index (κ1) is 19.3. The Kier molecular flexibility index (Phi) is 6.43. The highest BCUT2D eigenvalue weighted by Gasteiger charge is 2.32. The number of carbonyl (C=O) groups is 2. The van der Waals surface area contributed by atoms with Gasteiger partial charge in [-0.1, -0.05) is 13.8 Å². The number of rotatable bonds is 3. The van der Waals surface area contributed by atoms with Crippen molar-refractivity contribution in [2.75, 3.05) is 0 Å². The van der Waals surface area contributed by atoms with Crippen LogP contribution < -0.4 is 34.0 Å². The van der Waals surface area contributed by atoms with Gasteiger partial charge in [0.2, 0.25) is 0 Å². The van der Waals surface area contributed by atoms with E-state index >= 15 is 0 Å². The summed E-state index contributed by atoms with van der Waals surface area (Å²) in [5, 5.41) is 13.7. The van der Waals surface area contributed by atoms with Crippen LogP contribution in [-0.4, -0.2) is 23.0 Å². The maximum atomic E-state index is 12.0. The highest BCUT2D eigenvalue weighted by atomic mass is 127. The Labute approximate surface area is 152 Å². The summed E-state index contributed by atoms with van der Waals surface area (Å²) in [4.78, 5) is 23.8. The van der Waals surface area contributed by atoms with E-state index in [1.54, 1.807) is 24.5 Å². The molecule has 0 bridgehead atoms. The molecule has 0 spiro atoms. The second-order valence-corrected chi connectivity index (χ2v) is 6.25. The van der Waals surface area contributed by atoms with Crippen LogP contribution >= 0.6 is 0 Å². The van der Waals surface area contributed by atoms with Crippen molar-refractivity contribution in [3.63, 3.8) is 0 Å². The van der Waals surface area contributed by atoms with E-state index in [2.05, 4.69) is 10.5 Å². The fourth-order valence-electron chi connectivity index (χ4n) is 2.32. The minimum Gasteiger partial charge on any atom is -1.00 e. The number of ketones is 1. The second-order valence-electron chi connectivity index (χ2n) is 6.25. The lowest BCUT2D eigenvalue weighted by molar-refractivity contribution is -0.671. The predicted octanol–water partition coefficient (Wildman–Crippen LogP) is -1.57. The van der Waals surface area contributed by atoms with Crippen molar-refractivity contribution in [3.8, 4) is 0 Å². The van der Waals surface area contributed by atoms with Crippen molar-refractivity contribution in [1.82, 2.24) is 5.43 Å². The standard InChI is InChI=1S/C16H19N3O3.HI/c1-16(2)8-13(20)12(14(21)9-16)10-17-18-15(22)11-4-6-19(3)7-5-11;/h4-7,10,22H,8-9H2,1-3H3;1H. The Morgan fingerprint density at radius 3 is 2.52 bits per heavy atom. The van der Waals surface area contributed by atoms with Crippen LogP contribution in [0.15, 0.2) is 41.0 Å². The minimum absolute atomic E-state index is 0. The molecule has 2 rings (SSSR count). The van der Waals surface area contributed by atoms with Crippen LogP contribution in [0.2, 0.25) is 0 Å². The largest absolute Gasteiger partial charge is 1.00 e. The van der Waals surface area contributed by atoms with E-state index in [0.29, 0.717) is 18.4 Å². The van der Waals surface area contributed by atoms with Gasteiger partial charge in [-0.3, -0.25) is 9.59 Å². The third-order valence-corrected chi connectivity index (χ3v) is 3.50. The Hall–Kier alpha value is -1.77. The van der Waals surface area contributed by atoms with Crippen LogP contribution in [0, 0.1) is 5.41 Å². The minimum atomic E-state index is -0.375. The summed E-state index contributed by atoms with van der Waals surface area (Å²) in [6.45, 7) is 3.85. The molecule has 23 heavy (non-hydrogen) atoms. The Bertz CT molecular complexity index is 664. The number of aryl methyl sites for hydroxylation is 1. The molecule has 1 aliphatic rings. The lowest BCUT2D eigenvalue weighted by Gasteiger charge is -2.28. The number of hydrogen-bond acceptors (Lipinski definition) is 4. The molecule has 1 amide bonds. The molecule has 1 heterocycles. The number of halogens is 1. The lowest BCUT2D eigenvalue weighted by Crippen LogP contribution is -3.00. The molecular weight excluding hydrogens is 409 g/mol. The first-order valence-electron chi connectivity index (χ1n) is 7.02. The van der Waals surface area contributed by atoms with Crippen LogP contribution in [0.3, 0.4) is 0 Å².